The topological polar surface area (TPSA) is 141 Å². The van der Waals surface area contributed by atoms with Crippen molar-refractivity contribution in [2.75, 3.05) is 0 Å². The first-order chi connectivity index (χ1) is 11.6. The van der Waals surface area contributed by atoms with Crippen molar-refractivity contribution in [3.8, 4) is 0 Å². The van der Waals surface area contributed by atoms with Gasteiger partial charge in [0.25, 0.3) is 0 Å². The molecule has 0 bridgehead atoms. The molecule has 0 fully saturated rings. The summed E-state index contributed by atoms with van der Waals surface area (Å²) in [6.45, 7) is 13.1. The molecule has 0 radical (unpaired) electrons. The van der Waals surface area contributed by atoms with E-state index in [2.05, 4.69) is 38.7 Å². The number of Topliss-reactive ketones (excluding diaryl/α,β-unsaturated/α-hetero) is 1. The van der Waals surface area contributed by atoms with Gasteiger partial charge in [0.1, 0.15) is 17.2 Å². The first-order valence-corrected chi connectivity index (χ1v) is 8.08. The minimum absolute atomic E-state index is 0. The van der Waals surface area contributed by atoms with Crippen LogP contribution in [0.5, 0.6) is 0 Å². The minimum Gasteiger partial charge on any atom is -0.519 e. The van der Waals surface area contributed by atoms with Crippen LogP contribution < -0.4 is 0 Å². The molecule has 0 aliphatic carbocycles. The largest absolute Gasteiger partial charge is 2.00 e. The normalized spacial score (nSPS) is 10.9. The second-order valence-corrected chi connectivity index (χ2v) is 5.25. The predicted octanol–water partition coefficient (Wildman–Crippen LogP) is 2.79. The van der Waals surface area contributed by atoms with Gasteiger partial charge in [-0.3, -0.25) is 10.2 Å². The summed E-state index contributed by atoms with van der Waals surface area (Å²) in [6, 6.07) is 0. The van der Waals surface area contributed by atoms with Gasteiger partial charge in [-0.25, -0.2) is 11.1 Å². The Morgan fingerprint density at radius 3 is 2.00 bits per heavy atom. The van der Waals surface area contributed by atoms with E-state index in [0.29, 0.717) is 0 Å². The first kappa shape index (κ1) is 38.0. The van der Waals surface area contributed by atoms with Gasteiger partial charge in [-0.05, 0) is 6.72 Å². The van der Waals surface area contributed by atoms with E-state index in [1.165, 1.54) is 12.8 Å². The van der Waals surface area contributed by atoms with E-state index in [9.17, 15) is 9.90 Å². The number of amidine groups is 1. The third-order valence-corrected chi connectivity index (χ3v) is 2.77. The molecule has 0 amide bonds. The number of aliphatic hydroxyl groups excluding tert-OH is 1. The van der Waals surface area contributed by atoms with Crippen LogP contribution in [-0.4, -0.2) is 52.7 Å². The number of ketones is 1. The zero-order valence-electron chi connectivity index (χ0n) is 16.4. The number of hydrogen-bond acceptors (Lipinski definition) is 6. The molecule has 7 nitrogen and oxygen atoms in total. The Balaban J connectivity index is -0.000000105. The quantitative estimate of drug-likeness (QED) is 0.100. The van der Waals surface area contributed by atoms with Crippen LogP contribution >= 0.6 is 0 Å². The average molecular weight is 829 g/mol. The number of carbonyl (C=O) groups is 1. The summed E-state index contributed by atoms with van der Waals surface area (Å²) in [5.74, 6) is -0.574. The van der Waals surface area contributed by atoms with Gasteiger partial charge >= 0.3 is 62.2 Å². The Morgan fingerprint density at radius 1 is 1.22 bits per heavy atom. The number of hydrogen-bond donors (Lipinski definition) is 5. The molecule has 150 valence electrons. The third-order valence-electron chi connectivity index (χ3n) is 2.77. The van der Waals surface area contributed by atoms with Crippen LogP contribution in [0.4, 0.5) is 0 Å². The van der Waals surface area contributed by atoms with Gasteiger partial charge in [0.2, 0.25) is 0 Å². The van der Waals surface area contributed by atoms with E-state index in [-0.39, 0.29) is 93.1 Å². The molecule has 9 heteroatoms. The molecule has 27 heavy (non-hydrogen) atoms. The van der Waals surface area contributed by atoms with E-state index in [0.717, 1.165) is 12.8 Å². The van der Waals surface area contributed by atoms with Crippen molar-refractivity contribution in [2.24, 2.45) is 4.99 Å². The number of unbranched alkanes of at least 4 members (excludes halogenated alkanes) is 3. The SMILES string of the molecule is C=NC(=N)C(O)(C[C-]=N)CC(=O)CC.CCCCC[C-]=N.[CH2-]C([CH2-])O.[U+2].[U+2]. The molecular weight excluding hydrogens is 796 g/mol. The van der Waals surface area contributed by atoms with Crippen LogP contribution in [-0.2, 0) is 4.79 Å². The molecule has 0 aliphatic heterocycles. The number of carbonyl (C=O) groups excluding carboxylic acids is 1. The number of nitrogens with zero attached hydrogens (tertiary/aromatic N) is 1. The Hall–Kier alpha value is 0.374. The summed E-state index contributed by atoms with van der Waals surface area (Å²) < 4.78 is 0. The maximum absolute atomic E-state index is 11.1. The number of rotatable bonds is 10. The van der Waals surface area contributed by atoms with Gasteiger partial charge in [0.05, 0.1) is 0 Å². The summed E-state index contributed by atoms with van der Waals surface area (Å²) in [6.07, 6.45) is 7.97. The molecule has 0 rings (SSSR count). The van der Waals surface area contributed by atoms with Crippen LogP contribution in [0, 0.1) is 92.3 Å². The number of aliphatic imine (C=N–C) groups is 1. The smallest absolute Gasteiger partial charge is 0.519 e. The van der Waals surface area contributed by atoms with Gasteiger partial charge in [0.15, 0.2) is 0 Å². The fraction of sp³-hybridized carbons (Fsp3) is 0.611. The summed E-state index contributed by atoms with van der Waals surface area (Å²) in [7, 11) is 0. The van der Waals surface area contributed by atoms with E-state index >= 15 is 0 Å². The fourth-order valence-corrected chi connectivity index (χ4v) is 1.44. The fourth-order valence-electron chi connectivity index (χ4n) is 1.44. The Labute approximate surface area is 211 Å². The molecule has 0 aromatic heterocycles. The zero-order valence-corrected chi connectivity index (χ0v) is 24.7. The van der Waals surface area contributed by atoms with Crippen molar-refractivity contribution in [1.29, 1.82) is 16.2 Å². The van der Waals surface area contributed by atoms with Crippen LogP contribution in [0.3, 0.4) is 0 Å². The molecule has 0 aromatic carbocycles. The second-order valence-electron chi connectivity index (χ2n) is 5.25. The molecule has 0 saturated heterocycles. The number of aliphatic hydroxyl groups is 2. The van der Waals surface area contributed by atoms with Gasteiger partial charge in [0, 0.05) is 12.8 Å². The molecule has 0 aromatic rings. The predicted molar refractivity (Wildman–Crippen MR) is 103 cm³/mol. The molecule has 0 aliphatic rings. The maximum Gasteiger partial charge on any atom is 2.00 e. The van der Waals surface area contributed by atoms with Crippen molar-refractivity contribution >= 4 is 30.8 Å². The molecule has 1 unspecified atom stereocenters. The molecular formula is C18H32N4O3U2. The van der Waals surface area contributed by atoms with Crippen molar-refractivity contribution in [1.82, 2.24) is 0 Å². The molecule has 1 atom stereocenters. The van der Waals surface area contributed by atoms with Crippen LogP contribution in [0.1, 0.15) is 58.8 Å². The summed E-state index contributed by atoms with van der Waals surface area (Å²) >= 11 is 0. The minimum atomic E-state index is -1.71. The van der Waals surface area contributed by atoms with Crippen molar-refractivity contribution in [3.63, 3.8) is 0 Å². The summed E-state index contributed by atoms with van der Waals surface area (Å²) in [5.41, 5.74) is -1.71. The number of nitrogens with one attached hydrogen (secondary N) is 3. The molecule has 0 saturated carbocycles. The van der Waals surface area contributed by atoms with Gasteiger partial charge in [-0.1, -0.05) is 33.1 Å². The van der Waals surface area contributed by atoms with Crippen molar-refractivity contribution in [2.45, 2.75) is 70.5 Å². The molecule has 0 heterocycles. The van der Waals surface area contributed by atoms with Gasteiger partial charge in [-0.2, -0.15) is 6.42 Å². The Morgan fingerprint density at radius 2 is 1.70 bits per heavy atom. The second kappa shape index (κ2) is 26.4. The Bertz CT molecular complexity index is 405. The average Bonchev–Trinajstić information content (AvgIpc) is 2.54. The third kappa shape index (κ3) is 28.7. The Kier molecular flexibility index (Phi) is 37.2. The van der Waals surface area contributed by atoms with Crippen molar-refractivity contribution in [3.05, 3.63) is 13.8 Å². The summed E-state index contributed by atoms with van der Waals surface area (Å²) in [4.78, 5) is 14.4. The van der Waals surface area contributed by atoms with Crippen LogP contribution in [0.15, 0.2) is 4.99 Å². The monoisotopic (exact) mass is 828 g/mol. The zero-order chi connectivity index (χ0) is 20.3. The van der Waals surface area contributed by atoms with Gasteiger partial charge in [-0.15, -0.1) is 6.42 Å². The van der Waals surface area contributed by atoms with E-state index in [1.807, 2.05) is 6.21 Å². The first-order valence-electron chi connectivity index (χ1n) is 8.08. The maximum atomic E-state index is 11.1. The van der Waals surface area contributed by atoms with Crippen molar-refractivity contribution < 1.29 is 77.2 Å². The van der Waals surface area contributed by atoms with Crippen LogP contribution in [0.2, 0.25) is 0 Å². The molecule has 0 spiro atoms. The van der Waals surface area contributed by atoms with Crippen LogP contribution in [0.25, 0.3) is 0 Å². The van der Waals surface area contributed by atoms with Gasteiger partial charge < -0.3 is 47.3 Å². The van der Waals surface area contributed by atoms with E-state index < -0.39 is 11.7 Å². The van der Waals surface area contributed by atoms with E-state index in [1.54, 1.807) is 6.92 Å². The molecule has 5 N–H and O–H groups in total. The standard InChI is InChI=1S/C9H14N3O2.C6H12N.C3H6O.2U/c1-3-7(13)6-9(14,4-5-10)8(11)12-2;1-2-3-4-5-6-7;1-3(2)4;;/h10-11,14H,2-4,6H2,1H3;7H,2-5H2,1H3;3-4H,1-2H2;;/q2*-1;-2;2*+2. The summed E-state index contributed by atoms with van der Waals surface area (Å²) in [5, 5.41) is 38.2. The van der Waals surface area contributed by atoms with E-state index in [4.69, 9.17) is 21.3 Å².